The maximum atomic E-state index is 10.8. The fraction of sp³-hybridized carbons (Fsp3) is 0.333. The smallest absolute Gasteiger partial charge is 0.307 e. The van der Waals surface area contributed by atoms with Crippen LogP contribution in [0.2, 0.25) is 0 Å². The summed E-state index contributed by atoms with van der Waals surface area (Å²) >= 11 is 3.39. The van der Waals surface area contributed by atoms with E-state index in [9.17, 15) is 4.79 Å². The van der Waals surface area contributed by atoms with Gasteiger partial charge in [0.2, 0.25) is 5.89 Å². The van der Waals surface area contributed by atoms with Gasteiger partial charge in [0.15, 0.2) is 5.76 Å². The first-order valence-corrected chi connectivity index (χ1v) is 7.37. The van der Waals surface area contributed by atoms with Gasteiger partial charge in [-0.25, -0.2) is 4.98 Å². The number of nitrogens with zero attached hydrogens (tertiary/aromatic N) is 2. The van der Waals surface area contributed by atoms with Crippen LogP contribution in [0.5, 0.6) is 0 Å². The van der Waals surface area contributed by atoms with Crippen molar-refractivity contribution in [3.63, 3.8) is 0 Å². The van der Waals surface area contributed by atoms with Crippen LogP contribution in [-0.4, -0.2) is 34.6 Å². The molecule has 2 aromatic rings. The molecule has 2 rings (SSSR count). The molecule has 0 bridgehead atoms. The second kappa shape index (κ2) is 6.87. The van der Waals surface area contributed by atoms with E-state index in [1.807, 2.05) is 36.2 Å². The van der Waals surface area contributed by atoms with Crippen molar-refractivity contribution in [3.05, 3.63) is 40.8 Å². The van der Waals surface area contributed by atoms with Crippen molar-refractivity contribution < 1.29 is 14.3 Å². The number of hydrogen-bond acceptors (Lipinski definition) is 4. The van der Waals surface area contributed by atoms with E-state index in [0.29, 0.717) is 24.7 Å². The maximum absolute atomic E-state index is 10.8. The predicted molar refractivity (Wildman–Crippen MR) is 82.8 cm³/mol. The van der Waals surface area contributed by atoms with E-state index in [0.717, 1.165) is 10.0 Å². The summed E-state index contributed by atoms with van der Waals surface area (Å²) in [7, 11) is 1.85. The molecule has 0 aliphatic carbocycles. The molecule has 5 nitrogen and oxygen atoms in total. The van der Waals surface area contributed by atoms with Gasteiger partial charge in [-0.05, 0) is 19.2 Å². The SMILES string of the molecule is CC(CN(C)Cc1ncc(-c2ccc(Br)cc2)o1)C(=O)O. The van der Waals surface area contributed by atoms with Crippen LogP contribution in [-0.2, 0) is 11.3 Å². The Balaban J connectivity index is 2.00. The quantitative estimate of drug-likeness (QED) is 0.864. The molecule has 0 radical (unpaired) electrons. The molecule has 1 aromatic carbocycles. The van der Waals surface area contributed by atoms with E-state index in [-0.39, 0.29) is 0 Å². The summed E-state index contributed by atoms with van der Waals surface area (Å²) in [5, 5.41) is 8.90. The molecule has 0 fully saturated rings. The molecular weight excluding hydrogens is 336 g/mol. The standard InChI is InChI=1S/C15H17BrN2O3/c1-10(15(19)20)8-18(2)9-14-17-7-13(21-14)11-3-5-12(16)6-4-11/h3-7,10H,8-9H2,1-2H3,(H,19,20). The van der Waals surface area contributed by atoms with Crippen LogP contribution in [0.15, 0.2) is 39.4 Å². The van der Waals surface area contributed by atoms with E-state index in [2.05, 4.69) is 20.9 Å². The van der Waals surface area contributed by atoms with Crippen molar-refractivity contribution >= 4 is 21.9 Å². The van der Waals surface area contributed by atoms with E-state index < -0.39 is 11.9 Å². The summed E-state index contributed by atoms with van der Waals surface area (Å²) in [6, 6.07) is 7.78. The fourth-order valence-corrected chi connectivity index (χ4v) is 2.24. The van der Waals surface area contributed by atoms with Gasteiger partial charge in [0.05, 0.1) is 18.7 Å². The first-order valence-electron chi connectivity index (χ1n) is 6.57. The van der Waals surface area contributed by atoms with Crippen LogP contribution >= 0.6 is 15.9 Å². The fourth-order valence-electron chi connectivity index (χ4n) is 1.97. The lowest BCUT2D eigenvalue weighted by Crippen LogP contribution is -2.28. The highest BCUT2D eigenvalue weighted by Crippen LogP contribution is 2.22. The van der Waals surface area contributed by atoms with Crippen molar-refractivity contribution in [2.24, 2.45) is 5.92 Å². The topological polar surface area (TPSA) is 66.6 Å². The minimum Gasteiger partial charge on any atom is -0.481 e. The van der Waals surface area contributed by atoms with Gasteiger partial charge >= 0.3 is 5.97 Å². The zero-order valence-corrected chi connectivity index (χ0v) is 13.5. The Hall–Kier alpha value is -1.66. The predicted octanol–water partition coefficient (Wildman–Crippen LogP) is 3.26. The van der Waals surface area contributed by atoms with Gasteiger partial charge in [-0.1, -0.05) is 35.0 Å². The molecule has 0 saturated heterocycles. The molecule has 0 saturated carbocycles. The minimum absolute atomic E-state index is 0.420. The Morgan fingerprint density at radius 3 is 2.71 bits per heavy atom. The van der Waals surface area contributed by atoms with Crippen LogP contribution < -0.4 is 0 Å². The monoisotopic (exact) mass is 352 g/mol. The van der Waals surface area contributed by atoms with Crippen LogP contribution in [0, 0.1) is 5.92 Å². The van der Waals surface area contributed by atoms with Gasteiger partial charge in [-0.2, -0.15) is 0 Å². The Labute approximate surface area is 131 Å². The van der Waals surface area contributed by atoms with Crippen LogP contribution in [0.1, 0.15) is 12.8 Å². The molecule has 0 aliphatic heterocycles. The summed E-state index contributed by atoms with van der Waals surface area (Å²) in [5.74, 6) is 0.0610. The summed E-state index contributed by atoms with van der Waals surface area (Å²) in [6.07, 6.45) is 1.69. The van der Waals surface area contributed by atoms with Gasteiger partial charge in [-0.15, -0.1) is 0 Å². The Morgan fingerprint density at radius 1 is 1.43 bits per heavy atom. The highest BCUT2D eigenvalue weighted by atomic mass is 79.9. The third-order valence-electron chi connectivity index (χ3n) is 3.09. The second-order valence-corrected chi connectivity index (χ2v) is 5.98. The lowest BCUT2D eigenvalue weighted by molar-refractivity contribution is -0.141. The number of halogens is 1. The van der Waals surface area contributed by atoms with Crippen LogP contribution in [0.4, 0.5) is 0 Å². The van der Waals surface area contributed by atoms with E-state index in [1.54, 1.807) is 13.1 Å². The zero-order chi connectivity index (χ0) is 15.4. The molecule has 1 atom stereocenters. The average molecular weight is 353 g/mol. The van der Waals surface area contributed by atoms with Crippen LogP contribution in [0.25, 0.3) is 11.3 Å². The van der Waals surface area contributed by atoms with Crippen molar-refractivity contribution in [1.82, 2.24) is 9.88 Å². The highest BCUT2D eigenvalue weighted by molar-refractivity contribution is 9.10. The molecule has 0 aliphatic rings. The summed E-state index contributed by atoms with van der Waals surface area (Å²) < 4.78 is 6.71. The molecule has 1 aromatic heterocycles. The highest BCUT2D eigenvalue weighted by Gasteiger charge is 2.15. The van der Waals surface area contributed by atoms with Gasteiger partial charge in [-0.3, -0.25) is 9.69 Å². The number of aromatic nitrogens is 1. The van der Waals surface area contributed by atoms with Crippen LogP contribution in [0.3, 0.4) is 0 Å². The summed E-state index contributed by atoms with van der Waals surface area (Å²) in [6.45, 7) is 2.61. The third-order valence-corrected chi connectivity index (χ3v) is 3.62. The molecule has 1 unspecified atom stereocenters. The lowest BCUT2D eigenvalue weighted by atomic mass is 10.2. The first-order chi connectivity index (χ1) is 9.95. The maximum Gasteiger partial charge on any atom is 0.307 e. The van der Waals surface area contributed by atoms with E-state index in [4.69, 9.17) is 9.52 Å². The molecule has 0 amide bonds. The zero-order valence-electron chi connectivity index (χ0n) is 11.9. The van der Waals surface area contributed by atoms with E-state index in [1.165, 1.54) is 0 Å². The molecule has 0 spiro atoms. The molecule has 1 heterocycles. The summed E-state index contributed by atoms with van der Waals surface area (Å²) in [5.41, 5.74) is 0.957. The van der Waals surface area contributed by atoms with Crippen molar-refractivity contribution in [2.75, 3.05) is 13.6 Å². The summed E-state index contributed by atoms with van der Waals surface area (Å²) in [4.78, 5) is 17.0. The van der Waals surface area contributed by atoms with Gasteiger partial charge in [0, 0.05) is 16.6 Å². The lowest BCUT2D eigenvalue weighted by Gasteiger charge is -2.16. The number of hydrogen-bond donors (Lipinski definition) is 1. The number of rotatable bonds is 6. The van der Waals surface area contributed by atoms with Gasteiger partial charge in [0.25, 0.3) is 0 Å². The van der Waals surface area contributed by atoms with Crippen molar-refractivity contribution in [2.45, 2.75) is 13.5 Å². The number of benzene rings is 1. The number of aliphatic carboxylic acids is 1. The van der Waals surface area contributed by atoms with E-state index >= 15 is 0 Å². The van der Waals surface area contributed by atoms with Crippen molar-refractivity contribution in [1.29, 1.82) is 0 Å². The van der Waals surface area contributed by atoms with Gasteiger partial charge in [0.1, 0.15) is 0 Å². The average Bonchev–Trinajstić information content (AvgIpc) is 2.87. The largest absolute Gasteiger partial charge is 0.481 e. The molecule has 112 valence electrons. The first kappa shape index (κ1) is 15.7. The normalized spacial score (nSPS) is 12.6. The molecule has 21 heavy (non-hydrogen) atoms. The second-order valence-electron chi connectivity index (χ2n) is 5.06. The Bertz CT molecular complexity index is 610. The number of carbonyl (C=O) groups is 1. The van der Waals surface area contributed by atoms with Gasteiger partial charge < -0.3 is 9.52 Å². The molecule has 6 heteroatoms. The number of carboxylic acids is 1. The molecule has 1 N–H and O–H groups in total. The number of oxazole rings is 1. The Kier molecular flexibility index (Phi) is 5.14. The van der Waals surface area contributed by atoms with Crippen molar-refractivity contribution in [3.8, 4) is 11.3 Å². The molecular formula is C15H17BrN2O3. The Morgan fingerprint density at radius 2 is 2.10 bits per heavy atom. The number of carboxylic acid groups (broad SMARTS) is 1. The third kappa shape index (κ3) is 4.41. The minimum atomic E-state index is -0.801.